The van der Waals surface area contributed by atoms with Crippen molar-refractivity contribution >= 4 is 34.2 Å². The molecule has 2 amide bonds. The van der Waals surface area contributed by atoms with Crippen molar-refractivity contribution in [2.24, 2.45) is 0 Å². The first-order valence-corrected chi connectivity index (χ1v) is 10.6. The van der Waals surface area contributed by atoms with Crippen LogP contribution in [0.1, 0.15) is 28.4 Å². The fourth-order valence-corrected chi connectivity index (χ4v) is 4.50. The summed E-state index contributed by atoms with van der Waals surface area (Å²) in [6.45, 7) is 2.61. The Morgan fingerprint density at radius 3 is 2.68 bits per heavy atom. The molecule has 156 valence electrons. The van der Waals surface area contributed by atoms with Gasteiger partial charge in [-0.15, -0.1) is 0 Å². The summed E-state index contributed by atoms with van der Waals surface area (Å²) in [5, 5.41) is 4.05. The second-order valence-electron chi connectivity index (χ2n) is 7.88. The first kappa shape index (κ1) is 19.6. The Labute approximate surface area is 184 Å². The molecule has 31 heavy (non-hydrogen) atoms. The summed E-state index contributed by atoms with van der Waals surface area (Å²) in [6, 6.07) is 20.1. The molecule has 1 aliphatic rings. The number of carbonyl (C=O) groups is 1. The number of aryl methyl sites for hydroxylation is 1. The summed E-state index contributed by atoms with van der Waals surface area (Å²) in [7, 11) is 0. The van der Waals surface area contributed by atoms with Crippen LogP contribution in [0.2, 0.25) is 5.02 Å². The van der Waals surface area contributed by atoms with E-state index in [9.17, 15) is 9.18 Å². The maximum absolute atomic E-state index is 13.5. The number of urea groups is 1. The lowest BCUT2D eigenvalue weighted by atomic mass is 9.92. The molecular weight excluding hydrogens is 413 g/mol. The third-order valence-electron chi connectivity index (χ3n) is 5.86. The van der Waals surface area contributed by atoms with Crippen molar-refractivity contribution in [2.45, 2.75) is 19.4 Å². The Bertz CT molecular complexity index is 1280. The lowest BCUT2D eigenvalue weighted by Crippen LogP contribution is -2.43. The Balaban J connectivity index is 1.56. The molecule has 1 aromatic heterocycles. The number of hydrogen-bond acceptors (Lipinski definition) is 1. The summed E-state index contributed by atoms with van der Waals surface area (Å²) in [4.78, 5) is 18.7. The monoisotopic (exact) mass is 433 g/mol. The molecule has 6 heteroatoms. The predicted molar refractivity (Wildman–Crippen MR) is 122 cm³/mol. The third kappa shape index (κ3) is 3.55. The van der Waals surface area contributed by atoms with Crippen molar-refractivity contribution in [3.05, 3.63) is 100.0 Å². The number of aromatic nitrogens is 1. The highest BCUT2D eigenvalue weighted by molar-refractivity contribution is 6.31. The van der Waals surface area contributed by atoms with Crippen molar-refractivity contribution in [3.8, 4) is 0 Å². The molecule has 0 unspecified atom stereocenters. The number of benzene rings is 3. The number of amides is 2. The van der Waals surface area contributed by atoms with E-state index in [2.05, 4.69) is 46.7 Å². The van der Waals surface area contributed by atoms with E-state index in [4.69, 9.17) is 11.6 Å². The number of rotatable bonds is 2. The SMILES string of the molecule is Cc1ccc([C@@H]2c3[nH]c4ccccc4c3CCN2C(=O)Nc2ccc(F)c(Cl)c2)cc1. The second kappa shape index (κ2) is 7.75. The molecule has 2 N–H and O–H groups in total. The van der Waals surface area contributed by atoms with Crippen LogP contribution in [0.5, 0.6) is 0 Å². The van der Waals surface area contributed by atoms with E-state index < -0.39 is 5.82 Å². The maximum atomic E-state index is 13.5. The Morgan fingerprint density at radius 1 is 1.13 bits per heavy atom. The van der Waals surface area contributed by atoms with E-state index in [1.54, 1.807) is 0 Å². The second-order valence-corrected chi connectivity index (χ2v) is 8.29. The van der Waals surface area contributed by atoms with E-state index in [1.807, 2.05) is 24.0 Å². The molecule has 0 aliphatic carbocycles. The van der Waals surface area contributed by atoms with Gasteiger partial charge in [0.1, 0.15) is 5.82 Å². The Morgan fingerprint density at radius 2 is 1.90 bits per heavy atom. The molecule has 1 aliphatic heterocycles. The summed E-state index contributed by atoms with van der Waals surface area (Å²) in [5.41, 5.74) is 6.00. The zero-order valence-electron chi connectivity index (χ0n) is 17.0. The topological polar surface area (TPSA) is 48.1 Å². The number of hydrogen-bond donors (Lipinski definition) is 2. The van der Waals surface area contributed by atoms with Gasteiger partial charge in [-0.05, 0) is 48.7 Å². The number of H-pyrrole nitrogens is 1. The number of nitrogens with one attached hydrogen (secondary N) is 2. The molecule has 1 atom stereocenters. The van der Waals surface area contributed by atoms with Gasteiger partial charge in [-0.2, -0.15) is 0 Å². The lowest BCUT2D eigenvalue weighted by molar-refractivity contribution is 0.193. The minimum Gasteiger partial charge on any atom is -0.356 e. The summed E-state index contributed by atoms with van der Waals surface area (Å²) >= 11 is 5.89. The third-order valence-corrected chi connectivity index (χ3v) is 6.15. The standard InChI is InChI=1S/C25H21ClFN3O/c1-15-6-8-16(9-7-15)24-23-19(18-4-2-3-5-22(18)29-23)12-13-30(24)25(31)28-17-10-11-21(27)20(26)14-17/h2-11,14,24,29H,12-13H2,1H3,(H,28,31)/t24-/m1/s1. The smallest absolute Gasteiger partial charge is 0.322 e. The molecular formula is C25H21ClFN3O. The molecule has 3 aromatic carbocycles. The first-order valence-electron chi connectivity index (χ1n) is 10.2. The molecule has 4 nitrogen and oxygen atoms in total. The zero-order valence-corrected chi connectivity index (χ0v) is 17.7. The van der Waals surface area contributed by atoms with Gasteiger partial charge in [-0.25, -0.2) is 9.18 Å². The molecule has 0 radical (unpaired) electrons. The van der Waals surface area contributed by atoms with Gasteiger partial charge in [0.2, 0.25) is 0 Å². The van der Waals surface area contributed by atoms with Crippen LogP contribution < -0.4 is 5.32 Å². The highest BCUT2D eigenvalue weighted by Crippen LogP contribution is 2.38. The van der Waals surface area contributed by atoms with Crippen LogP contribution in [0, 0.1) is 12.7 Å². The van der Waals surface area contributed by atoms with Crippen LogP contribution in [0.15, 0.2) is 66.7 Å². The quantitative estimate of drug-likeness (QED) is 0.375. The molecule has 4 aromatic rings. The molecule has 0 saturated carbocycles. The number of anilines is 1. The van der Waals surface area contributed by atoms with Gasteiger partial charge in [0.15, 0.2) is 0 Å². The molecule has 0 spiro atoms. The van der Waals surface area contributed by atoms with Crippen LogP contribution in [0.3, 0.4) is 0 Å². The Hall–Kier alpha value is -3.31. The van der Waals surface area contributed by atoms with Crippen molar-refractivity contribution in [1.29, 1.82) is 0 Å². The lowest BCUT2D eigenvalue weighted by Gasteiger charge is -2.36. The number of nitrogens with zero attached hydrogens (tertiary/aromatic N) is 1. The molecule has 0 bridgehead atoms. The largest absolute Gasteiger partial charge is 0.356 e. The van der Waals surface area contributed by atoms with E-state index in [1.165, 1.54) is 29.1 Å². The fraction of sp³-hybridized carbons (Fsp3) is 0.160. The molecule has 0 saturated heterocycles. The van der Waals surface area contributed by atoms with Crippen LogP contribution in [-0.4, -0.2) is 22.5 Å². The van der Waals surface area contributed by atoms with Crippen molar-refractivity contribution in [2.75, 3.05) is 11.9 Å². The van der Waals surface area contributed by atoms with E-state index in [0.717, 1.165) is 28.8 Å². The first-order chi connectivity index (χ1) is 15.0. The maximum Gasteiger partial charge on any atom is 0.322 e. The molecule has 0 fully saturated rings. The summed E-state index contributed by atoms with van der Waals surface area (Å²) < 4.78 is 13.5. The van der Waals surface area contributed by atoms with Crippen LogP contribution >= 0.6 is 11.6 Å². The van der Waals surface area contributed by atoms with E-state index in [-0.39, 0.29) is 17.1 Å². The van der Waals surface area contributed by atoms with Gasteiger partial charge >= 0.3 is 6.03 Å². The van der Waals surface area contributed by atoms with Crippen LogP contribution in [-0.2, 0) is 6.42 Å². The number of para-hydroxylation sites is 1. The van der Waals surface area contributed by atoms with Gasteiger partial charge in [-0.3, -0.25) is 0 Å². The van der Waals surface area contributed by atoms with Crippen molar-refractivity contribution in [1.82, 2.24) is 9.88 Å². The average Bonchev–Trinajstić information content (AvgIpc) is 3.15. The fourth-order valence-electron chi connectivity index (χ4n) is 4.32. The average molecular weight is 434 g/mol. The summed E-state index contributed by atoms with van der Waals surface area (Å²) in [5.74, 6) is -0.516. The minimum absolute atomic E-state index is 0.0237. The van der Waals surface area contributed by atoms with Crippen LogP contribution in [0.4, 0.5) is 14.9 Å². The predicted octanol–water partition coefficient (Wildman–Crippen LogP) is 6.45. The van der Waals surface area contributed by atoms with Crippen molar-refractivity contribution in [3.63, 3.8) is 0 Å². The Kier molecular flexibility index (Phi) is 4.91. The minimum atomic E-state index is -0.516. The number of aromatic amines is 1. The van der Waals surface area contributed by atoms with Crippen molar-refractivity contribution < 1.29 is 9.18 Å². The number of fused-ring (bicyclic) bond motifs is 3. The number of carbonyl (C=O) groups excluding carboxylic acids is 1. The van der Waals surface area contributed by atoms with E-state index in [0.29, 0.717) is 12.2 Å². The normalized spacial score (nSPS) is 15.7. The number of halogens is 2. The molecule has 2 heterocycles. The van der Waals surface area contributed by atoms with Gasteiger partial charge < -0.3 is 15.2 Å². The van der Waals surface area contributed by atoms with E-state index >= 15 is 0 Å². The van der Waals surface area contributed by atoms with Gasteiger partial charge in [0.05, 0.1) is 11.1 Å². The summed E-state index contributed by atoms with van der Waals surface area (Å²) in [6.07, 6.45) is 0.749. The van der Waals surface area contributed by atoms with Crippen LogP contribution in [0.25, 0.3) is 10.9 Å². The molecule has 5 rings (SSSR count). The zero-order chi connectivity index (χ0) is 21.5. The highest BCUT2D eigenvalue weighted by atomic mass is 35.5. The van der Waals surface area contributed by atoms with Gasteiger partial charge in [0, 0.05) is 28.8 Å². The van der Waals surface area contributed by atoms with Gasteiger partial charge in [0.25, 0.3) is 0 Å². The highest BCUT2D eigenvalue weighted by Gasteiger charge is 2.34. The van der Waals surface area contributed by atoms with Gasteiger partial charge in [-0.1, -0.05) is 59.6 Å².